The van der Waals surface area contributed by atoms with Crippen molar-refractivity contribution in [1.82, 2.24) is 4.90 Å². The Bertz CT molecular complexity index is 306. The van der Waals surface area contributed by atoms with E-state index in [2.05, 4.69) is 6.58 Å². The molecule has 2 amide bonds. The molecule has 0 radical (unpaired) electrons. The smallest absolute Gasteiger partial charge is 0.246 e. The van der Waals surface area contributed by atoms with Crippen LogP contribution >= 0.6 is 0 Å². The predicted molar refractivity (Wildman–Crippen MR) is 75.9 cm³/mol. The molecule has 0 spiro atoms. The molecule has 0 saturated carbocycles. The predicted octanol–water partition coefficient (Wildman–Crippen LogP) is 2.26. The van der Waals surface area contributed by atoms with E-state index in [1.807, 2.05) is 41.5 Å². The molecular weight excluding hydrogens is 228 g/mol. The number of carbonyl (C=O) groups excluding carboxylic acids is 2. The quantitative estimate of drug-likeness (QED) is 0.782. The number of amides is 2. The Balaban J connectivity index is 0. The fourth-order valence-corrected chi connectivity index (χ4v) is 1.50. The van der Waals surface area contributed by atoms with Crippen molar-refractivity contribution in [3.05, 3.63) is 24.3 Å². The first kappa shape index (κ1) is 18.8. The summed E-state index contributed by atoms with van der Waals surface area (Å²) < 4.78 is 0. The molecular formula is C14H26N2O2. The van der Waals surface area contributed by atoms with Gasteiger partial charge in [-0.3, -0.25) is 9.59 Å². The first-order chi connectivity index (χ1) is 8.13. The van der Waals surface area contributed by atoms with E-state index in [0.29, 0.717) is 0 Å². The van der Waals surface area contributed by atoms with Crippen molar-refractivity contribution >= 4 is 11.8 Å². The van der Waals surface area contributed by atoms with Gasteiger partial charge in [0.05, 0.1) is 0 Å². The summed E-state index contributed by atoms with van der Waals surface area (Å²) in [6.45, 7) is 15.1. The molecule has 0 rings (SSSR count). The summed E-state index contributed by atoms with van der Waals surface area (Å²) in [6.07, 6.45) is 2.75. The fraction of sp³-hybridized carbons (Fsp3) is 0.571. The van der Waals surface area contributed by atoms with Gasteiger partial charge in [0.25, 0.3) is 0 Å². The summed E-state index contributed by atoms with van der Waals surface area (Å²) in [5.74, 6) is -0.366. The Morgan fingerprint density at radius 2 is 1.50 bits per heavy atom. The molecule has 0 aliphatic rings. The van der Waals surface area contributed by atoms with Crippen LogP contribution in [0.4, 0.5) is 0 Å². The van der Waals surface area contributed by atoms with Crippen molar-refractivity contribution in [3.63, 3.8) is 0 Å². The van der Waals surface area contributed by atoms with Crippen LogP contribution < -0.4 is 5.73 Å². The minimum atomic E-state index is -0.375. The third-order valence-corrected chi connectivity index (χ3v) is 1.97. The highest BCUT2D eigenvalue weighted by molar-refractivity contribution is 5.87. The molecule has 0 unspecified atom stereocenters. The number of rotatable bonds is 4. The summed E-state index contributed by atoms with van der Waals surface area (Å²) in [5.41, 5.74) is 5.72. The zero-order valence-corrected chi connectivity index (χ0v) is 12.4. The standard InChI is InChI=1S/C9H17NO.C5H9NO/c1-6-9(11)10(7(2)3)8(4)5;1-4(2)3-5(6)7/h6-8H,1H2,2-5H3;3H,1-2H3,(H2,6,7). The van der Waals surface area contributed by atoms with Crippen LogP contribution in [-0.4, -0.2) is 28.8 Å². The monoisotopic (exact) mass is 254 g/mol. The van der Waals surface area contributed by atoms with Crippen LogP contribution in [0.25, 0.3) is 0 Å². The Kier molecular flexibility index (Phi) is 9.86. The van der Waals surface area contributed by atoms with Gasteiger partial charge < -0.3 is 10.6 Å². The summed E-state index contributed by atoms with van der Waals surface area (Å²) in [6, 6.07) is 0.501. The molecule has 4 heteroatoms. The second kappa shape index (κ2) is 9.45. The van der Waals surface area contributed by atoms with Gasteiger partial charge in [-0.1, -0.05) is 12.2 Å². The second-order valence-electron chi connectivity index (χ2n) is 4.76. The van der Waals surface area contributed by atoms with Gasteiger partial charge in [0.15, 0.2) is 0 Å². The topological polar surface area (TPSA) is 63.4 Å². The minimum Gasteiger partial charge on any atom is -0.366 e. The molecule has 0 bridgehead atoms. The first-order valence-corrected chi connectivity index (χ1v) is 6.02. The average Bonchev–Trinajstić information content (AvgIpc) is 2.14. The normalized spacial score (nSPS) is 9.33. The van der Waals surface area contributed by atoms with Crippen molar-refractivity contribution in [1.29, 1.82) is 0 Å². The molecule has 0 heterocycles. The molecule has 4 nitrogen and oxygen atoms in total. The summed E-state index contributed by atoms with van der Waals surface area (Å²) in [7, 11) is 0. The molecule has 0 aromatic carbocycles. The van der Waals surface area contributed by atoms with E-state index in [1.165, 1.54) is 12.2 Å². The lowest BCUT2D eigenvalue weighted by Crippen LogP contribution is -2.40. The molecule has 0 aliphatic heterocycles. The van der Waals surface area contributed by atoms with Gasteiger partial charge in [0, 0.05) is 18.2 Å². The van der Waals surface area contributed by atoms with Gasteiger partial charge in [0.1, 0.15) is 0 Å². The Morgan fingerprint density at radius 3 is 1.56 bits per heavy atom. The molecule has 2 N–H and O–H groups in total. The third-order valence-electron chi connectivity index (χ3n) is 1.97. The van der Waals surface area contributed by atoms with Crippen LogP contribution in [0.2, 0.25) is 0 Å². The average molecular weight is 254 g/mol. The summed E-state index contributed by atoms with van der Waals surface area (Å²) in [4.78, 5) is 23.0. The summed E-state index contributed by atoms with van der Waals surface area (Å²) >= 11 is 0. The van der Waals surface area contributed by atoms with Crippen LogP contribution in [0.3, 0.4) is 0 Å². The number of hydrogen-bond acceptors (Lipinski definition) is 2. The SMILES string of the molecule is C=CC(=O)N(C(C)C)C(C)C.CC(C)=CC(N)=O. The molecule has 0 aliphatic carbocycles. The highest BCUT2D eigenvalue weighted by Gasteiger charge is 2.16. The molecule has 0 aromatic heterocycles. The number of nitrogens with two attached hydrogens (primary N) is 1. The van der Waals surface area contributed by atoms with E-state index in [9.17, 15) is 9.59 Å². The minimum absolute atomic E-state index is 0.00926. The largest absolute Gasteiger partial charge is 0.366 e. The molecule has 0 fully saturated rings. The lowest BCUT2D eigenvalue weighted by atomic mass is 10.2. The van der Waals surface area contributed by atoms with E-state index in [4.69, 9.17) is 5.73 Å². The van der Waals surface area contributed by atoms with Crippen molar-refractivity contribution in [2.24, 2.45) is 5.73 Å². The maximum Gasteiger partial charge on any atom is 0.246 e. The summed E-state index contributed by atoms with van der Waals surface area (Å²) in [5, 5.41) is 0. The van der Waals surface area contributed by atoms with Gasteiger partial charge in [0.2, 0.25) is 11.8 Å². The van der Waals surface area contributed by atoms with Crippen molar-refractivity contribution in [2.45, 2.75) is 53.6 Å². The van der Waals surface area contributed by atoms with E-state index < -0.39 is 0 Å². The van der Waals surface area contributed by atoms with Crippen LogP contribution in [0.5, 0.6) is 0 Å². The third kappa shape index (κ3) is 9.63. The van der Waals surface area contributed by atoms with Gasteiger partial charge in [-0.2, -0.15) is 0 Å². The maximum atomic E-state index is 11.2. The molecule has 104 valence electrons. The van der Waals surface area contributed by atoms with E-state index >= 15 is 0 Å². The van der Waals surface area contributed by atoms with Crippen LogP contribution in [-0.2, 0) is 9.59 Å². The molecule has 0 atom stereocenters. The lowest BCUT2D eigenvalue weighted by molar-refractivity contribution is -0.129. The Labute approximate surface area is 111 Å². The van der Waals surface area contributed by atoms with Crippen LogP contribution in [0.1, 0.15) is 41.5 Å². The molecule has 0 saturated heterocycles. The van der Waals surface area contributed by atoms with E-state index in [1.54, 1.807) is 4.90 Å². The fourth-order valence-electron chi connectivity index (χ4n) is 1.50. The molecule has 18 heavy (non-hydrogen) atoms. The van der Waals surface area contributed by atoms with E-state index in [0.717, 1.165) is 5.57 Å². The number of carbonyl (C=O) groups is 2. The van der Waals surface area contributed by atoms with Crippen molar-refractivity contribution in [2.75, 3.05) is 0 Å². The zero-order chi connectivity index (χ0) is 14.9. The van der Waals surface area contributed by atoms with Crippen LogP contribution in [0, 0.1) is 0 Å². The number of nitrogens with zero attached hydrogens (tertiary/aromatic N) is 1. The highest BCUT2D eigenvalue weighted by Crippen LogP contribution is 2.05. The van der Waals surface area contributed by atoms with Crippen molar-refractivity contribution in [3.8, 4) is 0 Å². The van der Waals surface area contributed by atoms with Gasteiger partial charge in [-0.05, 0) is 47.6 Å². The lowest BCUT2D eigenvalue weighted by Gasteiger charge is -2.29. The van der Waals surface area contributed by atoms with Gasteiger partial charge in [-0.15, -0.1) is 0 Å². The van der Waals surface area contributed by atoms with Crippen molar-refractivity contribution < 1.29 is 9.59 Å². The number of allylic oxidation sites excluding steroid dienone is 1. The highest BCUT2D eigenvalue weighted by atomic mass is 16.2. The zero-order valence-electron chi connectivity index (χ0n) is 12.4. The number of hydrogen-bond donors (Lipinski definition) is 1. The van der Waals surface area contributed by atoms with Crippen LogP contribution in [0.15, 0.2) is 24.3 Å². The Morgan fingerprint density at radius 1 is 1.11 bits per heavy atom. The maximum absolute atomic E-state index is 11.2. The Hall–Kier alpha value is -1.58. The molecule has 0 aromatic rings. The second-order valence-corrected chi connectivity index (χ2v) is 4.76. The van der Waals surface area contributed by atoms with E-state index in [-0.39, 0.29) is 23.9 Å². The first-order valence-electron chi connectivity index (χ1n) is 6.02. The number of primary amides is 1. The van der Waals surface area contributed by atoms with Gasteiger partial charge >= 0.3 is 0 Å². The van der Waals surface area contributed by atoms with Gasteiger partial charge in [-0.25, -0.2) is 0 Å².